The van der Waals surface area contributed by atoms with Crippen molar-refractivity contribution >= 4 is 29.9 Å². The van der Waals surface area contributed by atoms with Gasteiger partial charge in [-0.15, -0.1) is 24.0 Å². The van der Waals surface area contributed by atoms with Gasteiger partial charge in [0.15, 0.2) is 5.96 Å². The number of halogens is 1. The summed E-state index contributed by atoms with van der Waals surface area (Å²) in [5.74, 6) is 4.07. The Labute approximate surface area is 183 Å². The smallest absolute Gasteiger partial charge is 0.214 e. The molecule has 1 aliphatic rings. The molecule has 0 amide bonds. The van der Waals surface area contributed by atoms with Gasteiger partial charge in [0.05, 0.1) is 31.5 Å². The van der Waals surface area contributed by atoms with Crippen LogP contribution in [0.5, 0.6) is 0 Å². The van der Waals surface area contributed by atoms with E-state index in [1.807, 2.05) is 32.9 Å². The molecule has 28 heavy (non-hydrogen) atoms. The van der Waals surface area contributed by atoms with Crippen LogP contribution in [-0.2, 0) is 11.3 Å². The number of nitrogens with zero attached hydrogens (tertiary/aromatic N) is 3. The number of morpholine rings is 1. The molecule has 0 saturated carbocycles. The predicted octanol–water partition coefficient (Wildman–Crippen LogP) is 2.55. The number of oxazole rings is 1. The second kappa shape index (κ2) is 10.8. The van der Waals surface area contributed by atoms with E-state index in [9.17, 15) is 0 Å². The number of aryl methyl sites for hydroxylation is 3. The zero-order chi connectivity index (χ0) is 19.2. The fourth-order valence-electron chi connectivity index (χ4n) is 3.12. The summed E-state index contributed by atoms with van der Waals surface area (Å²) >= 11 is 0. The third-order valence-corrected chi connectivity index (χ3v) is 4.74. The topological polar surface area (TPSA) is 88.1 Å². The van der Waals surface area contributed by atoms with Crippen LogP contribution >= 0.6 is 24.0 Å². The molecule has 2 aromatic rings. The molecule has 1 aliphatic heterocycles. The number of hydrogen-bond acceptors (Lipinski definition) is 6. The van der Waals surface area contributed by atoms with E-state index >= 15 is 0 Å². The van der Waals surface area contributed by atoms with Gasteiger partial charge in [0.1, 0.15) is 17.3 Å². The average molecular weight is 503 g/mol. The Kier molecular flexibility index (Phi) is 8.77. The molecule has 0 bridgehead atoms. The van der Waals surface area contributed by atoms with Gasteiger partial charge in [0, 0.05) is 26.7 Å². The van der Waals surface area contributed by atoms with Crippen LogP contribution in [0.2, 0.25) is 0 Å². The lowest BCUT2D eigenvalue weighted by Crippen LogP contribution is -2.46. The van der Waals surface area contributed by atoms with Crippen molar-refractivity contribution in [1.82, 2.24) is 20.5 Å². The minimum absolute atomic E-state index is 0. The zero-order valence-corrected chi connectivity index (χ0v) is 19.3. The van der Waals surface area contributed by atoms with Crippen LogP contribution in [-0.4, -0.2) is 55.7 Å². The maximum atomic E-state index is 5.90. The van der Waals surface area contributed by atoms with E-state index in [-0.39, 0.29) is 30.0 Å². The monoisotopic (exact) mass is 503 g/mol. The van der Waals surface area contributed by atoms with Gasteiger partial charge in [-0.1, -0.05) is 0 Å². The van der Waals surface area contributed by atoms with Crippen molar-refractivity contribution in [1.29, 1.82) is 0 Å². The van der Waals surface area contributed by atoms with E-state index in [0.29, 0.717) is 24.9 Å². The maximum Gasteiger partial charge on any atom is 0.214 e. The molecule has 2 aromatic heterocycles. The minimum atomic E-state index is 0. The molecule has 1 fully saturated rings. The fourth-order valence-corrected chi connectivity index (χ4v) is 3.12. The van der Waals surface area contributed by atoms with E-state index in [1.54, 1.807) is 7.05 Å². The van der Waals surface area contributed by atoms with E-state index in [2.05, 4.69) is 25.5 Å². The summed E-state index contributed by atoms with van der Waals surface area (Å²) in [6.07, 6.45) is 0. The number of ether oxygens (including phenoxy) is 1. The van der Waals surface area contributed by atoms with Crippen LogP contribution < -0.4 is 10.6 Å². The summed E-state index contributed by atoms with van der Waals surface area (Å²) in [4.78, 5) is 11.1. The number of aliphatic imine (C=N–C) groups is 1. The second-order valence-electron chi connectivity index (χ2n) is 6.67. The molecule has 0 spiro atoms. The number of guanidine groups is 1. The SMILES string of the molecule is CN=C(NCc1nc(C)c(C)o1)NCC(c1ccc(C)o1)N1CCOCC1.I. The normalized spacial score (nSPS) is 16.5. The van der Waals surface area contributed by atoms with Gasteiger partial charge < -0.3 is 24.2 Å². The summed E-state index contributed by atoms with van der Waals surface area (Å²) in [5, 5.41) is 6.64. The quantitative estimate of drug-likeness (QED) is 0.356. The summed E-state index contributed by atoms with van der Waals surface area (Å²) in [6, 6.07) is 4.17. The first kappa shape index (κ1) is 22.7. The van der Waals surface area contributed by atoms with Gasteiger partial charge in [0.25, 0.3) is 0 Å². The Hall–Kier alpha value is -1.59. The van der Waals surface area contributed by atoms with Crippen molar-refractivity contribution in [2.24, 2.45) is 4.99 Å². The molecule has 1 unspecified atom stereocenters. The highest BCUT2D eigenvalue weighted by atomic mass is 127. The zero-order valence-electron chi connectivity index (χ0n) is 16.9. The summed E-state index contributed by atoms with van der Waals surface area (Å²) in [6.45, 7) is 10.2. The molecule has 3 rings (SSSR count). The molecule has 3 heterocycles. The molecule has 0 aromatic carbocycles. The lowest BCUT2D eigenvalue weighted by Gasteiger charge is -2.33. The van der Waals surface area contributed by atoms with Crippen molar-refractivity contribution < 1.29 is 13.6 Å². The molecule has 1 atom stereocenters. The molecule has 8 nitrogen and oxygen atoms in total. The van der Waals surface area contributed by atoms with E-state index in [4.69, 9.17) is 13.6 Å². The second-order valence-corrected chi connectivity index (χ2v) is 6.67. The van der Waals surface area contributed by atoms with Gasteiger partial charge in [-0.2, -0.15) is 0 Å². The largest absolute Gasteiger partial charge is 0.465 e. The van der Waals surface area contributed by atoms with Crippen LogP contribution in [0.25, 0.3) is 0 Å². The van der Waals surface area contributed by atoms with Crippen LogP contribution in [0, 0.1) is 20.8 Å². The first-order chi connectivity index (χ1) is 13.1. The van der Waals surface area contributed by atoms with E-state index in [0.717, 1.165) is 49.3 Å². The third kappa shape index (κ3) is 5.95. The molecule has 0 radical (unpaired) electrons. The third-order valence-electron chi connectivity index (χ3n) is 4.74. The minimum Gasteiger partial charge on any atom is -0.465 e. The number of rotatable bonds is 6. The van der Waals surface area contributed by atoms with Gasteiger partial charge >= 0.3 is 0 Å². The lowest BCUT2D eigenvalue weighted by molar-refractivity contribution is 0.0124. The highest BCUT2D eigenvalue weighted by molar-refractivity contribution is 14.0. The molecular formula is C19H30IN5O3. The Balaban J connectivity index is 0.00000280. The highest BCUT2D eigenvalue weighted by Crippen LogP contribution is 2.23. The first-order valence-electron chi connectivity index (χ1n) is 9.32. The van der Waals surface area contributed by atoms with E-state index < -0.39 is 0 Å². The van der Waals surface area contributed by atoms with Crippen molar-refractivity contribution in [3.05, 3.63) is 41.0 Å². The number of nitrogens with one attached hydrogen (secondary N) is 2. The fraction of sp³-hybridized carbons (Fsp3) is 0.579. The average Bonchev–Trinajstić information content (AvgIpc) is 3.24. The number of aromatic nitrogens is 1. The lowest BCUT2D eigenvalue weighted by atomic mass is 10.1. The van der Waals surface area contributed by atoms with Crippen LogP contribution in [0.4, 0.5) is 0 Å². The number of hydrogen-bond donors (Lipinski definition) is 2. The van der Waals surface area contributed by atoms with Gasteiger partial charge in [-0.25, -0.2) is 4.98 Å². The Morgan fingerprint density at radius 1 is 1.18 bits per heavy atom. The van der Waals surface area contributed by atoms with Crippen molar-refractivity contribution in [3.8, 4) is 0 Å². The molecule has 156 valence electrons. The van der Waals surface area contributed by atoms with Crippen molar-refractivity contribution in [2.75, 3.05) is 39.9 Å². The van der Waals surface area contributed by atoms with Crippen molar-refractivity contribution in [3.63, 3.8) is 0 Å². The maximum absolute atomic E-state index is 5.90. The highest BCUT2D eigenvalue weighted by Gasteiger charge is 2.25. The number of furan rings is 1. The summed E-state index contributed by atoms with van der Waals surface area (Å²) < 4.78 is 17.0. The molecular weight excluding hydrogens is 473 g/mol. The van der Waals surface area contributed by atoms with Crippen molar-refractivity contribution in [2.45, 2.75) is 33.4 Å². The van der Waals surface area contributed by atoms with E-state index in [1.165, 1.54) is 0 Å². The Morgan fingerprint density at radius 3 is 2.50 bits per heavy atom. The van der Waals surface area contributed by atoms with Crippen LogP contribution in [0.15, 0.2) is 26.0 Å². The molecule has 9 heteroatoms. The first-order valence-corrected chi connectivity index (χ1v) is 9.32. The Bertz CT molecular complexity index is 748. The molecule has 1 saturated heterocycles. The van der Waals surface area contributed by atoms with Crippen LogP contribution in [0.3, 0.4) is 0 Å². The summed E-state index contributed by atoms with van der Waals surface area (Å²) in [5.41, 5.74) is 0.912. The Morgan fingerprint density at radius 2 is 1.93 bits per heavy atom. The van der Waals surface area contributed by atoms with Gasteiger partial charge in [-0.05, 0) is 32.9 Å². The van der Waals surface area contributed by atoms with Crippen LogP contribution in [0.1, 0.15) is 34.9 Å². The predicted molar refractivity (Wildman–Crippen MR) is 118 cm³/mol. The standard InChI is InChI=1S/C19H29N5O3.HI/c1-13-5-6-17(26-13)16(24-7-9-25-10-8-24)11-21-19(20-4)22-12-18-23-14(2)15(3)27-18;/h5-6,16H,7-12H2,1-4H3,(H2,20,21,22);1H. The van der Waals surface area contributed by atoms with Gasteiger partial charge in [-0.3, -0.25) is 9.89 Å². The summed E-state index contributed by atoms with van der Waals surface area (Å²) in [7, 11) is 1.75. The molecule has 0 aliphatic carbocycles. The van der Waals surface area contributed by atoms with Gasteiger partial charge in [0.2, 0.25) is 5.89 Å². The molecule has 2 N–H and O–H groups in total.